The lowest BCUT2D eigenvalue weighted by Crippen LogP contribution is -2.24. The SMILES string of the molecule is COC(=O)C(C1=CC(C(=O)O)ON1)c1cccc(C#N)c1. The molecule has 7 heteroatoms. The summed E-state index contributed by atoms with van der Waals surface area (Å²) >= 11 is 0. The van der Waals surface area contributed by atoms with Crippen LogP contribution in [0.2, 0.25) is 0 Å². The molecule has 21 heavy (non-hydrogen) atoms. The number of carboxylic acids is 1. The minimum absolute atomic E-state index is 0.268. The van der Waals surface area contributed by atoms with Gasteiger partial charge in [-0.1, -0.05) is 12.1 Å². The molecule has 0 saturated heterocycles. The van der Waals surface area contributed by atoms with Crippen LogP contribution >= 0.6 is 0 Å². The van der Waals surface area contributed by atoms with Crippen LogP contribution < -0.4 is 5.48 Å². The van der Waals surface area contributed by atoms with Crippen molar-refractivity contribution < 1.29 is 24.3 Å². The Morgan fingerprint density at radius 2 is 2.29 bits per heavy atom. The molecule has 1 aliphatic rings. The summed E-state index contributed by atoms with van der Waals surface area (Å²) in [5, 5.41) is 17.8. The highest BCUT2D eigenvalue weighted by molar-refractivity contribution is 5.83. The van der Waals surface area contributed by atoms with Gasteiger partial charge >= 0.3 is 11.9 Å². The number of nitrogens with zero attached hydrogens (tertiary/aromatic N) is 1. The molecule has 2 rings (SSSR count). The Hall–Kier alpha value is -2.85. The highest BCUT2D eigenvalue weighted by atomic mass is 16.7. The molecular formula is C14H12N2O5. The number of esters is 1. The summed E-state index contributed by atoms with van der Waals surface area (Å²) in [6, 6.07) is 8.41. The number of aliphatic carboxylic acids is 1. The number of hydrogen-bond acceptors (Lipinski definition) is 6. The molecule has 0 aromatic heterocycles. The number of ether oxygens (including phenoxy) is 1. The van der Waals surface area contributed by atoms with Gasteiger partial charge in [-0.2, -0.15) is 5.26 Å². The first-order valence-corrected chi connectivity index (χ1v) is 6.01. The van der Waals surface area contributed by atoms with Gasteiger partial charge in [-0.05, 0) is 23.8 Å². The lowest BCUT2D eigenvalue weighted by atomic mass is 9.94. The highest BCUT2D eigenvalue weighted by Crippen LogP contribution is 2.28. The Bertz CT molecular complexity index is 647. The van der Waals surface area contributed by atoms with Crippen molar-refractivity contribution >= 4 is 11.9 Å². The molecule has 0 saturated carbocycles. The van der Waals surface area contributed by atoms with Crippen molar-refractivity contribution in [3.63, 3.8) is 0 Å². The van der Waals surface area contributed by atoms with Crippen molar-refractivity contribution in [3.05, 3.63) is 47.2 Å². The Morgan fingerprint density at radius 3 is 2.86 bits per heavy atom. The smallest absolute Gasteiger partial charge is 0.339 e. The van der Waals surface area contributed by atoms with Crippen molar-refractivity contribution in [2.45, 2.75) is 12.0 Å². The molecule has 108 valence electrons. The molecule has 1 heterocycles. The lowest BCUT2D eigenvalue weighted by Gasteiger charge is -2.16. The average molecular weight is 288 g/mol. The van der Waals surface area contributed by atoms with Crippen LogP contribution in [0.15, 0.2) is 36.0 Å². The second kappa shape index (κ2) is 6.07. The van der Waals surface area contributed by atoms with Gasteiger partial charge in [0.1, 0.15) is 5.92 Å². The summed E-state index contributed by atoms with van der Waals surface area (Å²) in [6.07, 6.45) is 0.120. The zero-order valence-electron chi connectivity index (χ0n) is 11.1. The molecule has 0 radical (unpaired) electrons. The maximum Gasteiger partial charge on any atom is 0.339 e. The van der Waals surface area contributed by atoms with Gasteiger partial charge in [0.05, 0.1) is 24.4 Å². The molecule has 1 aromatic rings. The Balaban J connectivity index is 2.40. The van der Waals surface area contributed by atoms with E-state index in [4.69, 9.17) is 19.9 Å². The summed E-state index contributed by atoms with van der Waals surface area (Å²) in [4.78, 5) is 27.7. The first kappa shape index (κ1) is 14.6. The van der Waals surface area contributed by atoms with Gasteiger partial charge in [0.25, 0.3) is 0 Å². The minimum Gasteiger partial charge on any atom is -0.479 e. The van der Waals surface area contributed by atoms with E-state index >= 15 is 0 Å². The van der Waals surface area contributed by atoms with Crippen LogP contribution in [-0.4, -0.2) is 30.3 Å². The molecule has 7 nitrogen and oxygen atoms in total. The number of rotatable bonds is 4. The van der Waals surface area contributed by atoms with Crippen LogP contribution in [0.3, 0.4) is 0 Å². The average Bonchev–Trinajstić information content (AvgIpc) is 2.97. The van der Waals surface area contributed by atoms with Crippen LogP contribution in [-0.2, 0) is 19.2 Å². The second-order valence-electron chi connectivity index (χ2n) is 4.29. The number of nitrogens with one attached hydrogen (secondary N) is 1. The fourth-order valence-electron chi connectivity index (χ4n) is 1.99. The van der Waals surface area contributed by atoms with Gasteiger partial charge in [-0.25, -0.2) is 4.79 Å². The summed E-state index contributed by atoms with van der Waals surface area (Å²) in [5.74, 6) is -2.64. The third-order valence-electron chi connectivity index (χ3n) is 2.98. The Labute approximate surface area is 120 Å². The number of methoxy groups -OCH3 is 1. The maximum atomic E-state index is 12.0. The summed E-state index contributed by atoms with van der Waals surface area (Å²) in [7, 11) is 1.23. The Morgan fingerprint density at radius 1 is 1.52 bits per heavy atom. The monoisotopic (exact) mass is 288 g/mol. The van der Waals surface area contributed by atoms with E-state index in [0.717, 1.165) is 0 Å². The largest absolute Gasteiger partial charge is 0.479 e. The van der Waals surface area contributed by atoms with E-state index in [9.17, 15) is 9.59 Å². The van der Waals surface area contributed by atoms with Crippen LogP contribution in [0, 0.1) is 11.3 Å². The van der Waals surface area contributed by atoms with Crippen molar-refractivity contribution in [3.8, 4) is 6.07 Å². The fraction of sp³-hybridized carbons (Fsp3) is 0.214. The standard InChI is InChI=1S/C14H12N2O5/c1-20-14(19)12(9-4-2-3-8(5-9)7-15)10-6-11(13(17)18)21-16-10/h2-6,11-12,16H,1H3,(H,17,18). The van der Waals surface area contributed by atoms with Crippen molar-refractivity contribution in [1.29, 1.82) is 5.26 Å². The number of carboxylic acid groups (broad SMARTS) is 1. The number of benzene rings is 1. The quantitative estimate of drug-likeness (QED) is 0.784. The zero-order valence-corrected chi connectivity index (χ0v) is 11.1. The predicted molar refractivity (Wildman–Crippen MR) is 69.6 cm³/mol. The third-order valence-corrected chi connectivity index (χ3v) is 2.98. The Kier molecular flexibility index (Phi) is 4.21. The first-order valence-electron chi connectivity index (χ1n) is 6.01. The van der Waals surface area contributed by atoms with E-state index in [1.54, 1.807) is 18.2 Å². The normalized spacial score (nSPS) is 18.1. The zero-order chi connectivity index (χ0) is 15.4. The molecule has 0 amide bonds. The molecule has 0 bridgehead atoms. The third kappa shape index (κ3) is 3.01. The summed E-state index contributed by atoms with van der Waals surface area (Å²) < 4.78 is 4.74. The molecule has 0 spiro atoms. The van der Waals surface area contributed by atoms with E-state index in [2.05, 4.69) is 5.48 Å². The summed E-state index contributed by atoms with van der Waals surface area (Å²) in [6.45, 7) is 0. The van der Waals surface area contributed by atoms with E-state index in [1.165, 1.54) is 19.3 Å². The highest BCUT2D eigenvalue weighted by Gasteiger charge is 2.33. The maximum absolute atomic E-state index is 12.0. The van der Waals surface area contributed by atoms with E-state index in [1.807, 2.05) is 6.07 Å². The number of hydroxylamine groups is 1. The molecular weight excluding hydrogens is 276 g/mol. The van der Waals surface area contributed by atoms with E-state index in [0.29, 0.717) is 11.1 Å². The number of carbonyl (C=O) groups excluding carboxylic acids is 1. The second-order valence-corrected chi connectivity index (χ2v) is 4.29. The first-order chi connectivity index (χ1) is 10.1. The molecule has 1 aromatic carbocycles. The van der Waals surface area contributed by atoms with Gasteiger partial charge < -0.3 is 9.84 Å². The molecule has 1 aliphatic heterocycles. The molecule has 2 atom stereocenters. The van der Waals surface area contributed by atoms with Crippen molar-refractivity contribution in [2.24, 2.45) is 0 Å². The summed E-state index contributed by atoms with van der Waals surface area (Å²) in [5.41, 5.74) is 3.60. The van der Waals surface area contributed by atoms with Crippen LogP contribution in [0.5, 0.6) is 0 Å². The van der Waals surface area contributed by atoms with Crippen LogP contribution in [0.25, 0.3) is 0 Å². The van der Waals surface area contributed by atoms with Crippen LogP contribution in [0.4, 0.5) is 0 Å². The topological polar surface area (TPSA) is 109 Å². The van der Waals surface area contributed by atoms with Gasteiger partial charge in [0, 0.05) is 0 Å². The van der Waals surface area contributed by atoms with Gasteiger partial charge in [-0.15, -0.1) is 0 Å². The molecule has 2 N–H and O–H groups in total. The van der Waals surface area contributed by atoms with E-state index in [-0.39, 0.29) is 5.70 Å². The van der Waals surface area contributed by atoms with E-state index < -0.39 is 24.0 Å². The number of carbonyl (C=O) groups is 2. The minimum atomic E-state index is -1.17. The number of hydrogen-bond donors (Lipinski definition) is 2. The van der Waals surface area contributed by atoms with Crippen molar-refractivity contribution in [2.75, 3.05) is 7.11 Å². The number of nitriles is 1. The molecule has 0 fully saturated rings. The fourth-order valence-corrected chi connectivity index (χ4v) is 1.99. The molecule has 2 unspecified atom stereocenters. The van der Waals surface area contributed by atoms with Gasteiger partial charge in [0.15, 0.2) is 0 Å². The van der Waals surface area contributed by atoms with Gasteiger partial charge in [-0.3, -0.25) is 15.1 Å². The predicted octanol–water partition coefficient (Wildman–Crippen LogP) is 0.687. The molecule has 0 aliphatic carbocycles. The van der Waals surface area contributed by atoms with Crippen LogP contribution in [0.1, 0.15) is 17.0 Å². The van der Waals surface area contributed by atoms with Crippen molar-refractivity contribution in [1.82, 2.24) is 5.48 Å². The lowest BCUT2D eigenvalue weighted by molar-refractivity contribution is -0.148. The van der Waals surface area contributed by atoms with Gasteiger partial charge in [0.2, 0.25) is 6.10 Å².